The number of carbonyl (C=O) groups excluding carboxylic acids is 1. The van der Waals surface area contributed by atoms with Crippen molar-refractivity contribution in [2.45, 2.75) is 39.3 Å². The summed E-state index contributed by atoms with van der Waals surface area (Å²) < 4.78 is 12.6. The smallest absolute Gasteiger partial charge is 0.268 e. The van der Waals surface area contributed by atoms with E-state index in [1.54, 1.807) is 12.1 Å². The Balaban J connectivity index is 1.50. The van der Waals surface area contributed by atoms with Gasteiger partial charge in [-0.1, -0.05) is 23.7 Å². The van der Waals surface area contributed by atoms with Gasteiger partial charge in [0.1, 0.15) is 16.9 Å². The lowest BCUT2D eigenvalue weighted by atomic mass is 10.1. The highest BCUT2D eigenvalue weighted by Crippen LogP contribution is 2.28. The normalized spacial score (nSPS) is 14.2. The van der Waals surface area contributed by atoms with Gasteiger partial charge in [-0.15, -0.1) is 0 Å². The zero-order valence-electron chi connectivity index (χ0n) is 20.1. The Morgan fingerprint density at radius 1 is 1.14 bits per heavy atom. The highest BCUT2D eigenvalue weighted by molar-refractivity contribution is 6.30. The second-order valence-electron chi connectivity index (χ2n) is 8.99. The van der Waals surface area contributed by atoms with Crippen molar-refractivity contribution in [1.29, 1.82) is 0 Å². The van der Waals surface area contributed by atoms with Crippen LogP contribution in [0.2, 0.25) is 5.02 Å². The molecule has 2 aromatic carbocycles. The Morgan fingerprint density at radius 3 is 2.64 bits per heavy atom. The quantitative estimate of drug-likeness (QED) is 0.383. The second kappa shape index (κ2) is 10.2. The van der Waals surface area contributed by atoms with Gasteiger partial charge < -0.3 is 19.8 Å². The summed E-state index contributed by atoms with van der Waals surface area (Å²) in [6.07, 6.45) is 2.77. The number of hydrogen-bond donors (Lipinski definition) is 2. The number of carbonyl (C=O) groups is 1. The number of halogens is 1. The van der Waals surface area contributed by atoms with Crippen molar-refractivity contribution in [3.05, 3.63) is 86.5 Å². The molecular weight excluding hydrogens is 480 g/mol. The monoisotopic (exact) mass is 506 g/mol. The van der Waals surface area contributed by atoms with E-state index >= 15 is 0 Å². The topological polar surface area (TPSA) is 98.4 Å². The number of nitrogens with zero attached hydrogens (tertiary/aromatic N) is 2. The van der Waals surface area contributed by atoms with Gasteiger partial charge in [0.05, 0.1) is 6.54 Å². The Kier molecular flexibility index (Phi) is 6.80. The van der Waals surface area contributed by atoms with Gasteiger partial charge in [-0.2, -0.15) is 0 Å². The summed E-state index contributed by atoms with van der Waals surface area (Å²) >= 11 is 6.04. The molecule has 186 valence electrons. The lowest BCUT2D eigenvalue weighted by molar-refractivity contribution is 0.0695. The first-order valence-electron chi connectivity index (χ1n) is 11.9. The molecule has 9 heteroatoms. The molecule has 2 aromatic heterocycles. The van der Waals surface area contributed by atoms with E-state index in [4.69, 9.17) is 20.8 Å². The summed E-state index contributed by atoms with van der Waals surface area (Å²) in [5.74, 6) is 0.760. The van der Waals surface area contributed by atoms with Crippen LogP contribution in [0.15, 0.2) is 57.9 Å². The van der Waals surface area contributed by atoms with E-state index in [2.05, 4.69) is 15.6 Å². The minimum absolute atomic E-state index is 0.00207. The Bertz CT molecular complexity index is 1470. The van der Waals surface area contributed by atoms with Crippen molar-refractivity contribution in [2.75, 3.05) is 18.5 Å². The van der Waals surface area contributed by atoms with Crippen molar-refractivity contribution in [3.63, 3.8) is 0 Å². The first kappa shape index (κ1) is 24.1. The number of aromatic nitrogens is 2. The minimum atomic E-state index is -0.429. The highest BCUT2D eigenvalue weighted by Gasteiger charge is 2.21. The van der Waals surface area contributed by atoms with Gasteiger partial charge in [-0.25, -0.2) is 4.98 Å². The molecule has 0 aliphatic carbocycles. The minimum Gasteiger partial charge on any atom is -0.461 e. The van der Waals surface area contributed by atoms with E-state index in [0.29, 0.717) is 37.0 Å². The second-order valence-corrected chi connectivity index (χ2v) is 9.43. The van der Waals surface area contributed by atoms with Gasteiger partial charge >= 0.3 is 0 Å². The zero-order chi connectivity index (χ0) is 25.2. The standard InChI is InChI=1S/C27H27ClN4O4/c1-16-17(2)36-24-8-7-21(13-22(16)24)31-27-29-14-23(25(33)30-20-9-11-35-12-10-20)26(34)32(27)15-18-3-5-19(28)6-4-18/h3-8,13-14,20H,9-12,15H2,1-2H3,(H,29,31)(H,30,33). The van der Waals surface area contributed by atoms with Crippen molar-refractivity contribution < 1.29 is 13.9 Å². The fourth-order valence-corrected chi connectivity index (χ4v) is 4.45. The number of furan rings is 1. The van der Waals surface area contributed by atoms with Gasteiger partial charge in [-0.05, 0) is 68.1 Å². The third-order valence-corrected chi connectivity index (χ3v) is 6.79. The molecule has 1 aliphatic rings. The van der Waals surface area contributed by atoms with E-state index in [9.17, 15) is 9.59 Å². The number of rotatable bonds is 6. The van der Waals surface area contributed by atoms with Crippen LogP contribution in [-0.4, -0.2) is 34.7 Å². The molecule has 8 nitrogen and oxygen atoms in total. The van der Waals surface area contributed by atoms with E-state index in [-0.39, 0.29) is 18.2 Å². The molecule has 2 N–H and O–H groups in total. The fourth-order valence-electron chi connectivity index (χ4n) is 4.32. The average molecular weight is 507 g/mol. The van der Waals surface area contributed by atoms with E-state index in [1.807, 2.05) is 44.2 Å². The molecular formula is C27H27ClN4O4. The van der Waals surface area contributed by atoms with Crippen LogP contribution in [0, 0.1) is 13.8 Å². The van der Waals surface area contributed by atoms with E-state index in [1.165, 1.54) is 10.8 Å². The molecule has 36 heavy (non-hydrogen) atoms. The zero-order valence-corrected chi connectivity index (χ0v) is 20.9. The molecule has 0 bridgehead atoms. The average Bonchev–Trinajstić information content (AvgIpc) is 3.16. The molecule has 3 heterocycles. The van der Waals surface area contributed by atoms with Crippen molar-refractivity contribution in [3.8, 4) is 0 Å². The molecule has 1 amide bonds. The number of ether oxygens (including phenoxy) is 1. The molecule has 0 spiro atoms. The van der Waals surface area contributed by atoms with Crippen molar-refractivity contribution in [2.24, 2.45) is 0 Å². The van der Waals surface area contributed by atoms with Gasteiger partial charge in [0.15, 0.2) is 0 Å². The van der Waals surface area contributed by atoms with Gasteiger partial charge in [-0.3, -0.25) is 14.2 Å². The largest absolute Gasteiger partial charge is 0.461 e. The van der Waals surface area contributed by atoms with Crippen LogP contribution in [0.25, 0.3) is 11.0 Å². The third kappa shape index (κ3) is 5.01. The van der Waals surface area contributed by atoms with Crippen LogP contribution in [0.4, 0.5) is 11.6 Å². The van der Waals surface area contributed by atoms with Crippen molar-refractivity contribution >= 4 is 40.1 Å². The predicted octanol–water partition coefficient (Wildman–Crippen LogP) is 4.96. The Morgan fingerprint density at radius 2 is 1.89 bits per heavy atom. The maximum absolute atomic E-state index is 13.6. The lowest BCUT2D eigenvalue weighted by Crippen LogP contribution is -2.42. The molecule has 1 fully saturated rings. The third-order valence-electron chi connectivity index (χ3n) is 6.53. The molecule has 4 aromatic rings. The summed E-state index contributed by atoms with van der Waals surface area (Å²) in [5, 5.41) is 7.79. The van der Waals surface area contributed by atoms with Crippen LogP contribution in [0.5, 0.6) is 0 Å². The number of aryl methyl sites for hydroxylation is 2. The molecule has 1 saturated heterocycles. The number of fused-ring (bicyclic) bond motifs is 1. The number of benzene rings is 2. The summed E-state index contributed by atoms with van der Waals surface area (Å²) in [5.41, 5.74) is 3.02. The molecule has 5 rings (SSSR count). The highest BCUT2D eigenvalue weighted by atomic mass is 35.5. The van der Waals surface area contributed by atoms with Crippen LogP contribution in [-0.2, 0) is 11.3 Å². The van der Waals surface area contributed by atoms with E-state index in [0.717, 1.165) is 33.5 Å². The van der Waals surface area contributed by atoms with Crippen LogP contribution >= 0.6 is 11.6 Å². The predicted molar refractivity (Wildman–Crippen MR) is 139 cm³/mol. The Labute approximate surface area is 213 Å². The number of hydrogen-bond acceptors (Lipinski definition) is 6. The summed E-state index contributed by atoms with van der Waals surface area (Å²) in [4.78, 5) is 31.0. The van der Waals surface area contributed by atoms with Gasteiger partial charge in [0.2, 0.25) is 5.95 Å². The molecule has 0 unspecified atom stereocenters. The number of amides is 1. The SMILES string of the molecule is Cc1oc2ccc(Nc3ncc(C(=O)NC4CCOCC4)c(=O)n3Cc3ccc(Cl)cc3)cc2c1C. The van der Waals surface area contributed by atoms with Crippen molar-refractivity contribution in [1.82, 2.24) is 14.9 Å². The first-order valence-corrected chi connectivity index (χ1v) is 12.3. The Hall–Kier alpha value is -3.62. The van der Waals surface area contributed by atoms with E-state index < -0.39 is 11.5 Å². The maximum atomic E-state index is 13.6. The van der Waals surface area contributed by atoms with Crippen LogP contribution in [0.3, 0.4) is 0 Å². The number of anilines is 2. The van der Waals surface area contributed by atoms with Crippen LogP contribution in [0.1, 0.15) is 40.1 Å². The van der Waals surface area contributed by atoms with Gasteiger partial charge in [0, 0.05) is 41.5 Å². The summed E-state index contributed by atoms with van der Waals surface area (Å²) in [6, 6.07) is 12.9. The summed E-state index contributed by atoms with van der Waals surface area (Å²) in [7, 11) is 0. The first-order chi connectivity index (χ1) is 17.4. The molecule has 1 aliphatic heterocycles. The van der Waals surface area contributed by atoms with Crippen LogP contribution < -0.4 is 16.2 Å². The molecule has 0 radical (unpaired) electrons. The maximum Gasteiger partial charge on any atom is 0.268 e. The molecule has 0 saturated carbocycles. The fraction of sp³-hybridized carbons (Fsp3) is 0.296. The lowest BCUT2D eigenvalue weighted by Gasteiger charge is -2.23. The molecule has 0 atom stereocenters. The van der Waals surface area contributed by atoms with Gasteiger partial charge in [0.25, 0.3) is 11.5 Å². The summed E-state index contributed by atoms with van der Waals surface area (Å²) in [6.45, 7) is 5.33. The number of nitrogens with one attached hydrogen (secondary N) is 2.